The summed E-state index contributed by atoms with van der Waals surface area (Å²) in [6.45, 7) is 0. The number of fused-ring (bicyclic) bond motifs is 4. The first-order valence-electron chi connectivity index (χ1n) is 20.6. The lowest BCUT2D eigenvalue weighted by molar-refractivity contribution is 1.18. The van der Waals surface area contributed by atoms with E-state index in [4.69, 9.17) is 0 Å². The summed E-state index contributed by atoms with van der Waals surface area (Å²) in [6, 6.07) is 87.8. The molecule has 0 bridgehead atoms. The van der Waals surface area contributed by atoms with Gasteiger partial charge in [-0.25, -0.2) is 0 Å². The maximum Gasteiger partial charge on any atom is 0.0619 e. The van der Waals surface area contributed by atoms with E-state index < -0.39 is 0 Å². The van der Waals surface area contributed by atoms with E-state index in [-0.39, 0.29) is 0 Å². The first-order valence-corrected chi connectivity index (χ1v) is 20.6. The van der Waals surface area contributed by atoms with E-state index in [0.29, 0.717) is 0 Å². The summed E-state index contributed by atoms with van der Waals surface area (Å²) in [6.07, 6.45) is 0. The summed E-state index contributed by atoms with van der Waals surface area (Å²) in [5.74, 6) is 0. The molecular weight excluding hydrogens is 725 g/mol. The fraction of sp³-hybridized carbons (Fsp3) is 0. The Labute approximate surface area is 350 Å². The molecule has 0 amide bonds. The molecule has 2 nitrogen and oxygen atoms in total. The average molecular weight is 765 g/mol. The molecule has 0 aliphatic heterocycles. The standard InChI is InChI=1S/C58H40N2/c1-3-14-41(15-4-1)43-26-28-44(29-27-43)45-32-36-50(37-33-45)59(49-18-5-2-6-19-49)51-38-34-46(35-39-51)52-20-9-11-24-56(52)60-57-25-12-10-21-54(57)55-23-13-22-53(58(55)60)48-31-30-42-16-7-8-17-47(42)40-48/h1-40H. The maximum absolute atomic E-state index is 2.48. The summed E-state index contributed by atoms with van der Waals surface area (Å²) >= 11 is 0. The van der Waals surface area contributed by atoms with Gasteiger partial charge in [-0.15, -0.1) is 0 Å². The van der Waals surface area contributed by atoms with Crippen LogP contribution in [0.25, 0.3) is 82.8 Å². The van der Waals surface area contributed by atoms with E-state index in [1.807, 2.05) is 0 Å². The highest BCUT2D eigenvalue weighted by molar-refractivity contribution is 6.14. The zero-order valence-corrected chi connectivity index (χ0v) is 33.0. The van der Waals surface area contributed by atoms with Crippen LogP contribution < -0.4 is 4.90 Å². The van der Waals surface area contributed by atoms with Gasteiger partial charge in [0.05, 0.1) is 16.7 Å². The van der Waals surface area contributed by atoms with Gasteiger partial charge in [-0.3, -0.25) is 0 Å². The predicted molar refractivity (Wildman–Crippen MR) is 255 cm³/mol. The van der Waals surface area contributed by atoms with Crippen molar-refractivity contribution >= 4 is 49.6 Å². The molecule has 2 heteroatoms. The third kappa shape index (κ3) is 6.32. The molecule has 60 heavy (non-hydrogen) atoms. The number of aromatic nitrogens is 1. The van der Waals surface area contributed by atoms with Crippen LogP contribution in [-0.4, -0.2) is 4.57 Å². The van der Waals surface area contributed by atoms with Gasteiger partial charge in [-0.2, -0.15) is 0 Å². The molecule has 0 fully saturated rings. The third-order valence-electron chi connectivity index (χ3n) is 11.8. The lowest BCUT2D eigenvalue weighted by Gasteiger charge is -2.26. The van der Waals surface area contributed by atoms with Crippen molar-refractivity contribution in [2.45, 2.75) is 0 Å². The van der Waals surface area contributed by atoms with Crippen LogP contribution in [0.1, 0.15) is 0 Å². The molecule has 0 aliphatic rings. The monoisotopic (exact) mass is 764 g/mol. The summed E-state index contributed by atoms with van der Waals surface area (Å²) in [5, 5.41) is 4.98. The van der Waals surface area contributed by atoms with Crippen LogP contribution in [0.4, 0.5) is 17.1 Å². The molecule has 0 saturated carbocycles. The quantitative estimate of drug-likeness (QED) is 0.150. The first-order chi connectivity index (χ1) is 29.8. The molecule has 0 N–H and O–H groups in total. The molecule has 11 aromatic rings. The number of benzene rings is 10. The number of anilines is 3. The highest BCUT2D eigenvalue weighted by atomic mass is 15.1. The molecule has 0 atom stereocenters. The van der Waals surface area contributed by atoms with Gasteiger partial charge in [0, 0.05) is 39.0 Å². The lowest BCUT2D eigenvalue weighted by atomic mass is 9.98. The summed E-state index contributed by atoms with van der Waals surface area (Å²) in [7, 11) is 0. The maximum atomic E-state index is 2.48. The van der Waals surface area contributed by atoms with E-state index in [1.54, 1.807) is 0 Å². The van der Waals surface area contributed by atoms with Gasteiger partial charge in [0.25, 0.3) is 0 Å². The summed E-state index contributed by atoms with van der Waals surface area (Å²) in [5.41, 5.74) is 16.4. The molecule has 282 valence electrons. The molecule has 0 aliphatic carbocycles. The van der Waals surface area contributed by atoms with Crippen molar-refractivity contribution in [3.8, 4) is 50.2 Å². The Morgan fingerprint density at radius 1 is 0.283 bits per heavy atom. The van der Waals surface area contributed by atoms with Gasteiger partial charge in [-0.05, 0) is 98.8 Å². The molecule has 0 spiro atoms. The molecular formula is C58H40N2. The number of hydrogen-bond acceptors (Lipinski definition) is 1. The van der Waals surface area contributed by atoms with E-state index in [9.17, 15) is 0 Å². The topological polar surface area (TPSA) is 8.17 Å². The SMILES string of the molecule is c1ccc(-c2ccc(-c3ccc(N(c4ccccc4)c4ccc(-c5ccccc5-n5c6ccccc6c6cccc(-c7ccc8ccccc8c7)c65)cc4)cc3)cc2)cc1. The molecule has 10 aromatic carbocycles. The van der Waals surface area contributed by atoms with Crippen molar-refractivity contribution in [3.05, 3.63) is 243 Å². The second-order valence-corrected chi connectivity index (χ2v) is 15.3. The number of hydrogen-bond donors (Lipinski definition) is 0. The molecule has 1 heterocycles. The van der Waals surface area contributed by atoms with Crippen LogP contribution in [0.2, 0.25) is 0 Å². The Morgan fingerprint density at radius 2 is 0.767 bits per heavy atom. The molecule has 1 aromatic heterocycles. The minimum Gasteiger partial charge on any atom is -0.311 e. The predicted octanol–water partition coefficient (Wildman–Crippen LogP) is 16.1. The fourth-order valence-corrected chi connectivity index (χ4v) is 8.87. The Hall–Kier alpha value is -7.94. The number of para-hydroxylation sites is 4. The third-order valence-corrected chi connectivity index (χ3v) is 11.8. The summed E-state index contributed by atoms with van der Waals surface area (Å²) < 4.78 is 2.48. The Morgan fingerprint density at radius 3 is 1.48 bits per heavy atom. The fourth-order valence-electron chi connectivity index (χ4n) is 8.87. The van der Waals surface area contributed by atoms with Gasteiger partial charge >= 0.3 is 0 Å². The minimum absolute atomic E-state index is 1.10. The normalized spacial score (nSPS) is 11.3. The highest BCUT2D eigenvalue weighted by Gasteiger charge is 2.20. The van der Waals surface area contributed by atoms with Crippen molar-refractivity contribution in [2.24, 2.45) is 0 Å². The molecule has 0 unspecified atom stereocenters. The lowest BCUT2D eigenvalue weighted by Crippen LogP contribution is -2.09. The Bertz CT molecular complexity index is 3270. The van der Waals surface area contributed by atoms with Crippen molar-refractivity contribution in [2.75, 3.05) is 4.90 Å². The van der Waals surface area contributed by atoms with E-state index in [1.165, 1.54) is 71.5 Å². The average Bonchev–Trinajstić information content (AvgIpc) is 3.67. The van der Waals surface area contributed by atoms with E-state index in [0.717, 1.165) is 28.3 Å². The Balaban J connectivity index is 0.981. The second-order valence-electron chi connectivity index (χ2n) is 15.3. The van der Waals surface area contributed by atoms with Gasteiger partial charge in [-0.1, -0.05) is 188 Å². The zero-order chi connectivity index (χ0) is 39.8. The minimum atomic E-state index is 1.10. The van der Waals surface area contributed by atoms with Crippen molar-refractivity contribution in [3.63, 3.8) is 0 Å². The van der Waals surface area contributed by atoms with E-state index >= 15 is 0 Å². The number of rotatable bonds is 8. The van der Waals surface area contributed by atoms with Crippen LogP contribution >= 0.6 is 0 Å². The van der Waals surface area contributed by atoms with Crippen molar-refractivity contribution in [1.82, 2.24) is 4.57 Å². The summed E-state index contributed by atoms with van der Waals surface area (Å²) in [4.78, 5) is 2.33. The largest absolute Gasteiger partial charge is 0.311 e. The van der Waals surface area contributed by atoms with Crippen LogP contribution in [0.5, 0.6) is 0 Å². The van der Waals surface area contributed by atoms with E-state index in [2.05, 4.69) is 252 Å². The number of nitrogens with zero attached hydrogens (tertiary/aromatic N) is 2. The second kappa shape index (κ2) is 15.1. The smallest absolute Gasteiger partial charge is 0.0619 e. The Kier molecular flexibility index (Phi) is 8.87. The van der Waals surface area contributed by atoms with Crippen molar-refractivity contribution < 1.29 is 0 Å². The zero-order valence-electron chi connectivity index (χ0n) is 33.0. The van der Waals surface area contributed by atoms with Crippen molar-refractivity contribution in [1.29, 1.82) is 0 Å². The van der Waals surface area contributed by atoms with Gasteiger partial charge in [0.15, 0.2) is 0 Å². The molecule has 0 radical (unpaired) electrons. The molecule has 11 rings (SSSR count). The molecule has 0 saturated heterocycles. The first kappa shape index (κ1) is 35.2. The highest BCUT2D eigenvalue weighted by Crippen LogP contribution is 2.42. The van der Waals surface area contributed by atoms with Gasteiger partial charge in [0.2, 0.25) is 0 Å². The van der Waals surface area contributed by atoms with Gasteiger partial charge in [0.1, 0.15) is 0 Å². The van der Waals surface area contributed by atoms with Crippen LogP contribution in [0, 0.1) is 0 Å². The van der Waals surface area contributed by atoms with Crippen LogP contribution in [0.15, 0.2) is 243 Å². The van der Waals surface area contributed by atoms with Gasteiger partial charge < -0.3 is 9.47 Å². The van der Waals surface area contributed by atoms with Crippen LogP contribution in [0.3, 0.4) is 0 Å². The van der Waals surface area contributed by atoms with Crippen LogP contribution in [-0.2, 0) is 0 Å².